The summed E-state index contributed by atoms with van der Waals surface area (Å²) in [5, 5.41) is 12.7. The average Bonchev–Trinajstić information content (AvgIpc) is 2.16. The van der Waals surface area contributed by atoms with Crippen LogP contribution in [0, 0.1) is 0 Å². The van der Waals surface area contributed by atoms with Crippen molar-refractivity contribution in [2.24, 2.45) is 0 Å². The summed E-state index contributed by atoms with van der Waals surface area (Å²) >= 11 is 0. The molecule has 0 aliphatic rings. The van der Waals surface area contributed by atoms with Gasteiger partial charge in [-0.1, -0.05) is 19.9 Å². The van der Waals surface area contributed by atoms with Crippen LogP contribution in [-0.2, 0) is 4.74 Å². The fraction of sp³-hybridized carbons (Fsp3) is 0.846. The standard InChI is InChI=1S/C11H23NO2.C2H6/c1-6-7-12-10(2,3)8-14-9-11(4,5)13;1-2/h6,12-13H,1,7-9H2,2-5H3;1-2H3. The van der Waals surface area contributed by atoms with Crippen LogP contribution in [0.25, 0.3) is 0 Å². The minimum atomic E-state index is -0.755. The maximum absolute atomic E-state index is 9.43. The highest BCUT2D eigenvalue weighted by atomic mass is 16.5. The van der Waals surface area contributed by atoms with E-state index < -0.39 is 5.60 Å². The van der Waals surface area contributed by atoms with Crippen molar-refractivity contribution in [2.75, 3.05) is 19.8 Å². The lowest BCUT2D eigenvalue weighted by Crippen LogP contribution is -2.44. The number of rotatable bonds is 7. The second kappa shape index (κ2) is 8.74. The highest BCUT2D eigenvalue weighted by Gasteiger charge is 2.19. The molecule has 16 heavy (non-hydrogen) atoms. The third-order valence-corrected chi connectivity index (χ3v) is 1.64. The molecule has 0 amide bonds. The Labute approximate surface area is 101 Å². The fourth-order valence-electron chi connectivity index (χ4n) is 0.955. The summed E-state index contributed by atoms with van der Waals surface area (Å²) in [5.41, 5.74) is -0.839. The summed E-state index contributed by atoms with van der Waals surface area (Å²) < 4.78 is 5.41. The first-order valence-electron chi connectivity index (χ1n) is 5.93. The van der Waals surface area contributed by atoms with Gasteiger partial charge in [0, 0.05) is 12.1 Å². The smallest absolute Gasteiger partial charge is 0.0824 e. The molecule has 2 N–H and O–H groups in total. The Morgan fingerprint density at radius 1 is 1.19 bits per heavy atom. The minimum Gasteiger partial charge on any atom is -0.388 e. The van der Waals surface area contributed by atoms with Crippen molar-refractivity contribution in [3.8, 4) is 0 Å². The van der Waals surface area contributed by atoms with Gasteiger partial charge >= 0.3 is 0 Å². The van der Waals surface area contributed by atoms with Gasteiger partial charge in [0.05, 0.1) is 18.8 Å². The van der Waals surface area contributed by atoms with Gasteiger partial charge in [-0.2, -0.15) is 0 Å². The molecule has 0 saturated heterocycles. The third kappa shape index (κ3) is 13.6. The minimum absolute atomic E-state index is 0.0839. The van der Waals surface area contributed by atoms with E-state index in [0.717, 1.165) is 6.54 Å². The summed E-state index contributed by atoms with van der Waals surface area (Å²) in [5.74, 6) is 0. The molecule has 3 nitrogen and oxygen atoms in total. The SMILES string of the molecule is C=CCNC(C)(C)COCC(C)(C)O.CC. The van der Waals surface area contributed by atoms with Crippen molar-refractivity contribution < 1.29 is 9.84 Å². The Kier molecular flexibility index (Phi) is 9.83. The van der Waals surface area contributed by atoms with E-state index in [1.54, 1.807) is 13.8 Å². The van der Waals surface area contributed by atoms with Gasteiger partial charge in [-0.05, 0) is 27.7 Å². The van der Waals surface area contributed by atoms with E-state index in [0.29, 0.717) is 13.2 Å². The van der Waals surface area contributed by atoms with Crippen molar-refractivity contribution in [1.29, 1.82) is 0 Å². The number of aliphatic hydroxyl groups is 1. The van der Waals surface area contributed by atoms with Crippen LogP contribution in [0.4, 0.5) is 0 Å². The van der Waals surface area contributed by atoms with E-state index in [4.69, 9.17) is 4.74 Å². The van der Waals surface area contributed by atoms with Crippen molar-refractivity contribution in [3.05, 3.63) is 12.7 Å². The lowest BCUT2D eigenvalue weighted by atomic mass is 10.1. The number of nitrogens with one attached hydrogen (secondary N) is 1. The van der Waals surface area contributed by atoms with E-state index in [2.05, 4.69) is 25.7 Å². The Bertz CT molecular complexity index is 171. The van der Waals surface area contributed by atoms with Crippen LogP contribution < -0.4 is 5.32 Å². The molecule has 0 fully saturated rings. The lowest BCUT2D eigenvalue weighted by Gasteiger charge is -2.27. The van der Waals surface area contributed by atoms with Crippen LogP contribution in [0.5, 0.6) is 0 Å². The maximum atomic E-state index is 9.43. The summed E-state index contributed by atoms with van der Waals surface area (Å²) in [6.07, 6.45) is 1.82. The number of hydrogen-bond donors (Lipinski definition) is 2. The normalized spacial score (nSPS) is 11.7. The van der Waals surface area contributed by atoms with Gasteiger partial charge in [-0.15, -0.1) is 6.58 Å². The predicted molar refractivity (Wildman–Crippen MR) is 70.7 cm³/mol. The molecular weight excluding hydrogens is 202 g/mol. The van der Waals surface area contributed by atoms with Crippen LogP contribution >= 0.6 is 0 Å². The topological polar surface area (TPSA) is 41.5 Å². The highest BCUT2D eigenvalue weighted by Crippen LogP contribution is 2.06. The van der Waals surface area contributed by atoms with E-state index in [9.17, 15) is 5.11 Å². The quantitative estimate of drug-likeness (QED) is 0.661. The number of ether oxygens (including phenoxy) is 1. The molecule has 0 rings (SSSR count). The summed E-state index contributed by atoms with van der Waals surface area (Å²) in [6.45, 7) is 16.9. The summed E-state index contributed by atoms with van der Waals surface area (Å²) in [7, 11) is 0. The van der Waals surface area contributed by atoms with Gasteiger partial charge in [0.2, 0.25) is 0 Å². The second-order valence-corrected chi connectivity index (χ2v) is 4.86. The monoisotopic (exact) mass is 231 g/mol. The predicted octanol–water partition coefficient (Wildman–Crippen LogP) is 2.35. The molecule has 0 heterocycles. The zero-order valence-corrected chi connectivity index (χ0v) is 11.8. The Morgan fingerprint density at radius 2 is 1.69 bits per heavy atom. The van der Waals surface area contributed by atoms with Gasteiger partial charge in [-0.3, -0.25) is 0 Å². The van der Waals surface area contributed by atoms with Crippen molar-refractivity contribution >= 4 is 0 Å². The van der Waals surface area contributed by atoms with Crippen molar-refractivity contribution in [2.45, 2.75) is 52.7 Å². The zero-order chi connectivity index (χ0) is 13.2. The van der Waals surface area contributed by atoms with Crippen LogP contribution in [-0.4, -0.2) is 36.0 Å². The first kappa shape index (κ1) is 18.0. The molecule has 0 aromatic rings. The van der Waals surface area contributed by atoms with Crippen LogP contribution in [0.2, 0.25) is 0 Å². The van der Waals surface area contributed by atoms with Crippen LogP contribution in [0.15, 0.2) is 12.7 Å². The Morgan fingerprint density at radius 3 is 2.06 bits per heavy atom. The van der Waals surface area contributed by atoms with E-state index in [1.165, 1.54) is 0 Å². The van der Waals surface area contributed by atoms with E-state index in [-0.39, 0.29) is 5.54 Å². The van der Waals surface area contributed by atoms with Crippen molar-refractivity contribution in [3.63, 3.8) is 0 Å². The molecule has 0 aromatic carbocycles. The van der Waals surface area contributed by atoms with E-state index >= 15 is 0 Å². The van der Waals surface area contributed by atoms with Crippen LogP contribution in [0.1, 0.15) is 41.5 Å². The molecule has 0 aliphatic heterocycles. The van der Waals surface area contributed by atoms with E-state index in [1.807, 2.05) is 19.9 Å². The molecule has 0 bridgehead atoms. The highest BCUT2D eigenvalue weighted by molar-refractivity contribution is 4.82. The first-order chi connectivity index (χ1) is 7.27. The molecule has 0 aromatic heterocycles. The molecule has 0 aliphatic carbocycles. The molecule has 0 saturated carbocycles. The molecule has 0 radical (unpaired) electrons. The third-order valence-electron chi connectivity index (χ3n) is 1.64. The first-order valence-corrected chi connectivity index (χ1v) is 5.93. The van der Waals surface area contributed by atoms with Gasteiger partial charge in [0.25, 0.3) is 0 Å². The Balaban J connectivity index is 0. The largest absolute Gasteiger partial charge is 0.388 e. The van der Waals surface area contributed by atoms with Crippen molar-refractivity contribution in [1.82, 2.24) is 5.32 Å². The maximum Gasteiger partial charge on any atom is 0.0824 e. The molecule has 0 spiro atoms. The zero-order valence-electron chi connectivity index (χ0n) is 11.8. The Hall–Kier alpha value is -0.380. The molecule has 0 unspecified atom stereocenters. The van der Waals surface area contributed by atoms with Gasteiger partial charge < -0.3 is 15.2 Å². The fourth-order valence-corrected chi connectivity index (χ4v) is 0.955. The second-order valence-electron chi connectivity index (χ2n) is 4.86. The summed E-state index contributed by atoms with van der Waals surface area (Å²) in [6, 6.07) is 0. The van der Waals surface area contributed by atoms with Gasteiger partial charge in [0.1, 0.15) is 0 Å². The number of hydrogen-bond acceptors (Lipinski definition) is 3. The van der Waals surface area contributed by atoms with Gasteiger partial charge in [-0.25, -0.2) is 0 Å². The molecule has 98 valence electrons. The lowest BCUT2D eigenvalue weighted by molar-refractivity contribution is -0.0342. The summed E-state index contributed by atoms with van der Waals surface area (Å²) in [4.78, 5) is 0. The molecule has 3 heteroatoms. The molecule has 0 atom stereocenters. The molecular formula is C13H29NO2. The average molecular weight is 231 g/mol. The van der Waals surface area contributed by atoms with Gasteiger partial charge in [0.15, 0.2) is 0 Å². The van der Waals surface area contributed by atoms with Crippen LogP contribution in [0.3, 0.4) is 0 Å².